The number of alkyl carbamates (subject to hydrolysis) is 1. The molecule has 1 aliphatic carbocycles. The van der Waals surface area contributed by atoms with Gasteiger partial charge in [0.2, 0.25) is 0 Å². The van der Waals surface area contributed by atoms with Crippen molar-refractivity contribution in [3.63, 3.8) is 0 Å². The van der Waals surface area contributed by atoms with Crippen LogP contribution in [-0.2, 0) is 25.6 Å². The molecule has 0 spiro atoms. The number of benzene rings is 2. The van der Waals surface area contributed by atoms with Gasteiger partial charge in [-0.1, -0.05) is 46.3 Å². The van der Waals surface area contributed by atoms with Gasteiger partial charge in [0.15, 0.2) is 0 Å². The third-order valence-corrected chi connectivity index (χ3v) is 7.01. The summed E-state index contributed by atoms with van der Waals surface area (Å²) in [7, 11) is -4.08. The first-order valence-electron chi connectivity index (χ1n) is 10.1. The van der Waals surface area contributed by atoms with Gasteiger partial charge in [-0.2, -0.15) is 8.42 Å². The summed E-state index contributed by atoms with van der Waals surface area (Å²) >= 11 is 3.23. The summed E-state index contributed by atoms with van der Waals surface area (Å²) in [6.45, 7) is -0.358. The van der Waals surface area contributed by atoms with Crippen LogP contribution in [0, 0.1) is 5.92 Å². The third kappa shape index (κ3) is 7.25. The first kappa shape index (κ1) is 24.6. The second kappa shape index (κ2) is 11.2. The summed E-state index contributed by atoms with van der Waals surface area (Å²) in [6, 6.07) is 14.1. The fourth-order valence-corrected chi connectivity index (χ4v) is 4.78. The zero-order valence-electron chi connectivity index (χ0n) is 17.1. The van der Waals surface area contributed by atoms with Crippen LogP contribution in [0.15, 0.2) is 64.0 Å². The van der Waals surface area contributed by atoms with Crippen LogP contribution in [0.25, 0.3) is 0 Å². The number of carbonyl (C=O) groups is 1. The monoisotopic (exact) mass is 531 g/mol. The van der Waals surface area contributed by atoms with Gasteiger partial charge in [0, 0.05) is 4.47 Å². The molecule has 2 aromatic rings. The van der Waals surface area contributed by atoms with Crippen molar-refractivity contribution in [1.82, 2.24) is 5.32 Å². The fourth-order valence-electron chi connectivity index (χ4n) is 3.56. The van der Waals surface area contributed by atoms with Gasteiger partial charge in [-0.05, 0) is 55.0 Å². The molecule has 4 atom stereocenters. The molecule has 1 amide bonds. The second-order valence-corrected chi connectivity index (χ2v) is 10.2. The highest BCUT2D eigenvalue weighted by molar-refractivity contribution is 9.10. The van der Waals surface area contributed by atoms with Gasteiger partial charge in [0.25, 0.3) is 10.1 Å². The molecule has 0 aliphatic heterocycles. The number of hydrogen-bond donors (Lipinski definition) is 1. The minimum absolute atomic E-state index is 0.0118. The van der Waals surface area contributed by atoms with E-state index in [0.29, 0.717) is 4.47 Å². The maximum absolute atomic E-state index is 13.6. The highest BCUT2D eigenvalue weighted by Crippen LogP contribution is 2.34. The predicted molar refractivity (Wildman–Crippen MR) is 118 cm³/mol. The van der Waals surface area contributed by atoms with Crippen molar-refractivity contribution in [2.24, 2.45) is 5.92 Å². The topological polar surface area (TPSA) is 81.7 Å². The van der Waals surface area contributed by atoms with Crippen LogP contribution in [-0.4, -0.2) is 39.5 Å². The fraction of sp³-hybridized carbons (Fsp3) is 0.409. The molecular formula is C22H24BrF2NO5S. The van der Waals surface area contributed by atoms with Crippen molar-refractivity contribution in [1.29, 1.82) is 0 Å². The number of halogens is 3. The summed E-state index contributed by atoms with van der Waals surface area (Å²) in [5, 5.41) is 2.57. The average molecular weight is 532 g/mol. The van der Waals surface area contributed by atoms with Crippen molar-refractivity contribution in [3.8, 4) is 0 Å². The first-order chi connectivity index (χ1) is 15.2. The van der Waals surface area contributed by atoms with E-state index >= 15 is 0 Å². The van der Waals surface area contributed by atoms with E-state index in [1.54, 1.807) is 36.4 Å². The lowest BCUT2D eigenvalue weighted by molar-refractivity contribution is 0.128. The van der Waals surface area contributed by atoms with Gasteiger partial charge >= 0.3 is 6.09 Å². The van der Waals surface area contributed by atoms with Gasteiger partial charge < -0.3 is 10.1 Å². The molecule has 0 aromatic heterocycles. The first-order valence-corrected chi connectivity index (χ1v) is 12.3. The molecule has 1 unspecified atom stereocenters. The van der Waals surface area contributed by atoms with Crippen molar-refractivity contribution in [2.45, 2.75) is 49.2 Å². The van der Waals surface area contributed by atoms with E-state index in [-0.39, 0.29) is 43.3 Å². The zero-order valence-corrected chi connectivity index (χ0v) is 19.5. The van der Waals surface area contributed by atoms with Crippen LogP contribution >= 0.6 is 15.9 Å². The summed E-state index contributed by atoms with van der Waals surface area (Å²) in [4.78, 5) is 12.2. The Balaban J connectivity index is 1.61. The molecule has 1 fully saturated rings. The van der Waals surface area contributed by atoms with E-state index in [9.17, 15) is 22.0 Å². The number of carbonyl (C=O) groups excluding carboxylic acids is 1. The predicted octanol–water partition coefficient (Wildman–Crippen LogP) is 4.93. The summed E-state index contributed by atoms with van der Waals surface area (Å²) in [6.07, 6.45) is -3.70. The lowest BCUT2D eigenvalue weighted by Gasteiger charge is -2.21. The van der Waals surface area contributed by atoms with E-state index in [2.05, 4.69) is 21.2 Å². The molecular weight excluding hydrogens is 508 g/mol. The average Bonchev–Trinajstić information content (AvgIpc) is 3.08. The number of alkyl halides is 2. The SMILES string of the molecule is O=C(N[C@@H](COS(=O)(=O)c1ccc(Br)cc1)CC1C[C@@H](F)[C@@H](F)C1)OCc1ccccc1. The van der Waals surface area contributed by atoms with Gasteiger partial charge in [0.05, 0.1) is 17.5 Å². The van der Waals surface area contributed by atoms with E-state index in [0.717, 1.165) is 5.56 Å². The van der Waals surface area contributed by atoms with Crippen molar-refractivity contribution in [3.05, 3.63) is 64.6 Å². The molecule has 10 heteroatoms. The minimum Gasteiger partial charge on any atom is -0.445 e. The van der Waals surface area contributed by atoms with E-state index in [4.69, 9.17) is 8.92 Å². The Labute approximate surface area is 194 Å². The molecule has 3 rings (SSSR count). The van der Waals surface area contributed by atoms with Gasteiger partial charge in [0.1, 0.15) is 19.0 Å². The highest BCUT2D eigenvalue weighted by Gasteiger charge is 2.36. The molecule has 0 heterocycles. The Morgan fingerprint density at radius 2 is 1.69 bits per heavy atom. The standard InChI is InChI=1S/C22H24BrF2NO5S/c23-17-6-8-19(9-7-17)32(28,29)31-14-18(10-16-11-20(24)21(25)12-16)26-22(27)30-13-15-4-2-1-3-5-15/h1-9,16,18,20-21H,10-14H2,(H,26,27)/t16?,18-,20-,21+/m1/s1. The molecule has 0 radical (unpaired) electrons. The Hall–Kier alpha value is -2.04. The molecule has 6 nitrogen and oxygen atoms in total. The number of amides is 1. The molecule has 32 heavy (non-hydrogen) atoms. The summed E-state index contributed by atoms with van der Waals surface area (Å²) in [5.74, 6) is -0.349. The van der Waals surface area contributed by atoms with Gasteiger partial charge in [-0.3, -0.25) is 4.18 Å². The summed E-state index contributed by atoms with van der Waals surface area (Å²) < 4.78 is 63.2. The molecule has 1 saturated carbocycles. The minimum atomic E-state index is -4.08. The highest BCUT2D eigenvalue weighted by atomic mass is 79.9. The van der Waals surface area contributed by atoms with Crippen LogP contribution in [0.3, 0.4) is 0 Å². The molecule has 174 valence electrons. The molecule has 1 aliphatic rings. The Morgan fingerprint density at radius 3 is 2.31 bits per heavy atom. The molecule has 0 bridgehead atoms. The molecule has 0 saturated heterocycles. The Morgan fingerprint density at radius 1 is 1.06 bits per heavy atom. The second-order valence-electron chi connectivity index (χ2n) is 7.70. The Kier molecular flexibility index (Phi) is 8.61. The van der Waals surface area contributed by atoms with E-state index in [1.165, 1.54) is 12.1 Å². The number of hydrogen-bond acceptors (Lipinski definition) is 5. The van der Waals surface area contributed by atoms with E-state index in [1.807, 2.05) is 6.07 Å². The lowest BCUT2D eigenvalue weighted by Crippen LogP contribution is -2.40. The van der Waals surface area contributed by atoms with Crippen molar-refractivity contribution < 1.29 is 30.9 Å². The smallest absolute Gasteiger partial charge is 0.407 e. The van der Waals surface area contributed by atoms with Crippen LogP contribution < -0.4 is 5.32 Å². The van der Waals surface area contributed by atoms with E-state index < -0.39 is 34.6 Å². The van der Waals surface area contributed by atoms with Gasteiger partial charge in [-0.25, -0.2) is 13.6 Å². The van der Waals surface area contributed by atoms with Crippen LogP contribution in [0.4, 0.5) is 13.6 Å². The number of ether oxygens (including phenoxy) is 1. The van der Waals surface area contributed by atoms with Crippen LogP contribution in [0.1, 0.15) is 24.8 Å². The van der Waals surface area contributed by atoms with Crippen LogP contribution in [0.2, 0.25) is 0 Å². The maximum Gasteiger partial charge on any atom is 0.407 e. The largest absolute Gasteiger partial charge is 0.445 e. The summed E-state index contributed by atoms with van der Waals surface area (Å²) in [5.41, 5.74) is 0.782. The van der Waals surface area contributed by atoms with Crippen LogP contribution in [0.5, 0.6) is 0 Å². The molecule has 2 aromatic carbocycles. The third-order valence-electron chi connectivity index (χ3n) is 5.19. The lowest BCUT2D eigenvalue weighted by atomic mass is 9.99. The zero-order chi connectivity index (χ0) is 23.1. The normalized spacial score (nSPS) is 21.8. The molecule has 1 N–H and O–H groups in total. The van der Waals surface area contributed by atoms with Crippen molar-refractivity contribution >= 4 is 32.1 Å². The Bertz CT molecular complexity index is 981. The number of nitrogens with one attached hydrogen (secondary N) is 1. The quantitative estimate of drug-likeness (QED) is 0.464. The van der Waals surface area contributed by atoms with Crippen molar-refractivity contribution in [2.75, 3.05) is 6.61 Å². The number of rotatable bonds is 9. The van der Waals surface area contributed by atoms with Gasteiger partial charge in [-0.15, -0.1) is 0 Å². The maximum atomic E-state index is 13.6.